The van der Waals surface area contributed by atoms with Gasteiger partial charge in [-0.15, -0.1) is 0 Å². The molecule has 0 spiro atoms. The highest BCUT2D eigenvalue weighted by atomic mass is 16.5. The van der Waals surface area contributed by atoms with Gasteiger partial charge in [-0.05, 0) is 20.8 Å². The minimum Gasteiger partial charge on any atom is -0.360 e. The van der Waals surface area contributed by atoms with E-state index in [9.17, 15) is 9.59 Å². The first kappa shape index (κ1) is 16.4. The second kappa shape index (κ2) is 6.45. The molecule has 1 fully saturated rings. The van der Waals surface area contributed by atoms with Crippen LogP contribution in [0.3, 0.4) is 0 Å². The lowest BCUT2D eigenvalue weighted by atomic mass is 10.0. The van der Waals surface area contributed by atoms with Gasteiger partial charge < -0.3 is 20.5 Å². The number of anilines is 1. The van der Waals surface area contributed by atoms with Crippen LogP contribution in [0.4, 0.5) is 5.82 Å². The van der Waals surface area contributed by atoms with Crippen LogP contribution in [-0.2, 0) is 9.59 Å². The average Bonchev–Trinajstić information content (AvgIpc) is 2.83. The van der Waals surface area contributed by atoms with Crippen LogP contribution in [0.5, 0.6) is 0 Å². The quantitative estimate of drug-likeness (QED) is 0.798. The summed E-state index contributed by atoms with van der Waals surface area (Å²) >= 11 is 0. The van der Waals surface area contributed by atoms with Crippen molar-refractivity contribution in [1.29, 1.82) is 0 Å². The van der Waals surface area contributed by atoms with E-state index < -0.39 is 5.54 Å². The first-order chi connectivity index (χ1) is 10.3. The Morgan fingerprint density at radius 2 is 2.00 bits per heavy atom. The smallest absolute Gasteiger partial charge is 0.242 e. The zero-order valence-corrected chi connectivity index (χ0v) is 13.3. The molecule has 8 heteroatoms. The Morgan fingerprint density at radius 3 is 2.50 bits per heavy atom. The van der Waals surface area contributed by atoms with Crippen molar-refractivity contribution in [3.05, 3.63) is 11.8 Å². The monoisotopic (exact) mass is 309 g/mol. The Bertz CT molecular complexity index is 541. The van der Waals surface area contributed by atoms with Crippen LogP contribution in [0, 0.1) is 6.92 Å². The Labute approximate surface area is 129 Å². The highest BCUT2D eigenvalue weighted by Crippen LogP contribution is 2.10. The van der Waals surface area contributed by atoms with E-state index in [0.717, 1.165) is 0 Å². The zero-order valence-electron chi connectivity index (χ0n) is 13.3. The average molecular weight is 309 g/mol. The molecule has 0 unspecified atom stereocenters. The van der Waals surface area contributed by atoms with Gasteiger partial charge in [-0.25, -0.2) is 0 Å². The Kier molecular flexibility index (Phi) is 4.82. The molecule has 1 aromatic rings. The summed E-state index contributed by atoms with van der Waals surface area (Å²) in [6.07, 6.45) is 0. The van der Waals surface area contributed by atoms with Crippen molar-refractivity contribution >= 4 is 17.6 Å². The van der Waals surface area contributed by atoms with Gasteiger partial charge in [0.1, 0.15) is 5.76 Å². The van der Waals surface area contributed by atoms with E-state index in [1.807, 2.05) is 4.90 Å². The summed E-state index contributed by atoms with van der Waals surface area (Å²) in [6, 6.07) is 1.66. The molecule has 22 heavy (non-hydrogen) atoms. The van der Waals surface area contributed by atoms with E-state index >= 15 is 0 Å². The maximum absolute atomic E-state index is 12.1. The number of hydrogen-bond acceptors (Lipinski definition) is 6. The third kappa shape index (κ3) is 4.28. The zero-order chi connectivity index (χ0) is 16.3. The van der Waals surface area contributed by atoms with Crippen molar-refractivity contribution in [3.63, 3.8) is 0 Å². The summed E-state index contributed by atoms with van der Waals surface area (Å²) in [7, 11) is 0. The third-order valence-electron chi connectivity index (χ3n) is 3.47. The summed E-state index contributed by atoms with van der Waals surface area (Å²) in [6.45, 7) is 7.88. The number of rotatable bonds is 4. The van der Waals surface area contributed by atoms with Gasteiger partial charge in [0.25, 0.3) is 0 Å². The van der Waals surface area contributed by atoms with E-state index in [1.54, 1.807) is 31.7 Å². The van der Waals surface area contributed by atoms with Crippen LogP contribution in [0.2, 0.25) is 0 Å². The molecule has 0 aliphatic carbocycles. The van der Waals surface area contributed by atoms with Crippen molar-refractivity contribution in [3.8, 4) is 0 Å². The number of amides is 2. The molecule has 2 heterocycles. The molecule has 0 aromatic carbocycles. The molecule has 1 saturated heterocycles. The van der Waals surface area contributed by atoms with Crippen molar-refractivity contribution in [2.45, 2.75) is 26.3 Å². The fourth-order valence-corrected chi connectivity index (χ4v) is 2.33. The van der Waals surface area contributed by atoms with Gasteiger partial charge in [-0.2, -0.15) is 0 Å². The first-order valence-corrected chi connectivity index (χ1v) is 7.29. The number of nitrogens with two attached hydrogens (primary N) is 1. The Morgan fingerprint density at radius 1 is 1.36 bits per heavy atom. The second-order valence-corrected chi connectivity index (χ2v) is 6.16. The van der Waals surface area contributed by atoms with Gasteiger partial charge in [0, 0.05) is 32.2 Å². The molecular weight excluding hydrogens is 286 g/mol. The lowest BCUT2D eigenvalue weighted by molar-refractivity contribution is -0.137. The molecule has 122 valence electrons. The van der Waals surface area contributed by atoms with Gasteiger partial charge in [-0.3, -0.25) is 14.5 Å². The number of aromatic nitrogens is 1. The molecule has 1 aromatic heterocycles. The predicted molar refractivity (Wildman–Crippen MR) is 81.2 cm³/mol. The van der Waals surface area contributed by atoms with Crippen LogP contribution in [-0.4, -0.2) is 65.0 Å². The summed E-state index contributed by atoms with van der Waals surface area (Å²) in [4.78, 5) is 27.7. The highest BCUT2D eigenvalue weighted by molar-refractivity contribution is 5.91. The van der Waals surface area contributed by atoms with Crippen LogP contribution in [0.25, 0.3) is 0 Å². The molecule has 0 saturated carbocycles. The SMILES string of the molecule is Cc1cc(NC(=O)CN2CCN(C(=O)C(C)(C)N)CC2)no1. The molecular formula is C14H23N5O3. The van der Waals surface area contributed by atoms with Gasteiger partial charge >= 0.3 is 0 Å². The predicted octanol–water partition coefficient (Wildman–Crippen LogP) is -0.197. The van der Waals surface area contributed by atoms with Gasteiger partial charge in [-0.1, -0.05) is 5.16 Å². The number of carbonyl (C=O) groups excluding carboxylic acids is 2. The van der Waals surface area contributed by atoms with Crippen molar-refractivity contribution in [2.24, 2.45) is 5.73 Å². The number of nitrogens with zero attached hydrogens (tertiary/aromatic N) is 3. The highest BCUT2D eigenvalue weighted by Gasteiger charge is 2.30. The van der Waals surface area contributed by atoms with E-state index in [-0.39, 0.29) is 18.4 Å². The van der Waals surface area contributed by atoms with E-state index in [0.29, 0.717) is 37.8 Å². The maximum Gasteiger partial charge on any atom is 0.242 e. The molecule has 0 bridgehead atoms. The van der Waals surface area contributed by atoms with E-state index in [2.05, 4.69) is 10.5 Å². The molecule has 3 N–H and O–H groups in total. The lowest BCUT2D eigenvalue weighted by Gasteiger charge is -2.37. The minimum absolute atomic E-state index is 0.0605. The molecule has 1 aliphatic rings. The molecule has 8 nitrogen and oxygen atoms in total. The maximum atomic E-state index is 12.1. The number of hydrogen-bond donors (Lipinski definition) is 2. The molecule has 1 aliphatic heterocycles. The molecule has 0 atom stereocenters. The fraction of sp³-hybridized carbons (Fsp3) is 0.643. The standard InChI is InChI=1S/C14H23N5O3/c1-10-8-11(17-22-10)16-12(20)9-18-4-6-19(7-5-18)13(21)14(2,3)15/h8H,4-7,9,15H2,1-3H3,(H,16,17,20). The number of carbonyl (C=O) groups is 2. The molecule has 0 radical (unpaired) electrons. The van der Waals surface area contributed by atoms with E-state index in [4.69, 9.17) is 10.3 Å². The van der Waals surface area contributed by atoms with Crippen LogP contribution < -0.4 is 11.1 Å². The van der Waals surface area contributed by atoms with E-state index in [1.165, 1.54) is 0 Å². The summed E-state index contributed by atoms with van der Waals surface area (Å²) < 4.78 is 4.89. The van der Waals surface area contributed by atoms with Crippen molar-refractivity contribution in [2.75, 3.05) is 38.0 Å². The number of piperazine rings is 1. The van der Waals surface area contributed by atoms with Crippen molar-refractivity contribution < 1.29 is 14.1 Å². The topological polar surface area (TPSA) is 105 Å². The normalized spacial score (nSPS) is 16.6. The molecule has 2 rings (SSSR count). The van der Waals surface area contributed by atoms with Crippen LogP contribution in [0.1, 0.15) is 19.6 Å². The summed E-state index contributed by atoms with van der Waals surface area (Å²) in [5, 5.41) is 6.40. The fourth-order valence-electron chi connectivity index (χ4n) is 2.33. The van der Waals surface area contributed by atoms with Gasteiger partial charge in [0.15, 0.2) is 5.82 Å². The summed E-state index contributed by atoms with van der Waals surface area (Å²) in [5.74, 6) is 0.856. The van der Waals surface area contributed by atoms with Crippen LogP contribution in [0.15, 0.2) is 10.6 Å². The van der Waals surface area contributed by atoms with Gasteiger partial charge in [0.05, 0.1) is 12.1 Å². The third-order valence-corrected chi connectivity index (χ3v) is 3.47. The minimum atomic E-state index is -0.857. The van der Waals surface area contributed by atoms with Crippen molar-refractivity contribution in [1.82, 2.24) is 15.0 Å². The largest absolute Gasteiger partial charge is 0.360 e. The Hall–Kier alpha value is -1.93. The Balaban J connectivity index is 1.77. The van der Waals surface area contributed by atoms with Gasteiger partial charge in [0.2, 0.25) is 11.8 Å². The number of nitrogens with one attached hydrogen (secondary N) is 1. The summed E-state index contributed by atoms with van der Waals surface area (Å²) in [5.41, 5.74) is 4.97. The van der Waals surface area contributed by atoms with Crippen LogP contribution >= 0.6 is 0 Å². The molecule has 2 amide bonds. The lowest BCUT2D eigenvalue weighted by Crippen LogP contribution is -2.57. The number of aryl methyl sites for hydroxylation is 1. The second-order valence-electron chi connectivity index (χ2n) is 6.16. The first-order valence-electron chi connectivity index (χ1n) is 7.29.